The number of nitrogens with one attached hydrogen (secondary N) is 1. The van der Waals surface area contributed by atoms with Crippen LogP contribution >= 0.6 is 11.8 Å². The second-order valence-corrected chi connectivity index (χ2v) is 3.84. The zero-order valence-corrected chi connectivity index (χ0v) is 7.16. The SMILES string of the molecule is CNC(C#N)C1(SC)CC1. The molecular formula is C7H12N2S. The molecule has 1 aliphatic carbocycles. The van der Waals surface area contributed by atoms with Crippen LogP contribution in [0.2, 0.25) is 0 Å². The lowest BCUT2D eigenvalue weighted by Crippen LogP contribution is -2.35. The van der Waals surface area contributed by atoms with Gasteiger partial charge in [0.15, 0.2) is 0 Å². The van der Waals surface area contributed by atoms with E-state index in [1.807, 2.05) is 18.8 Å². The van der Waals surface area contributed by atoms with Crippen molar-refractivity contribution in [3.63, 3.8) is 0 Å². The van der Waals surface area contributed by atoms with Gasteiger partial charge in [-0.25, -0.2) is 0 Å². The molecule has 1 atom stereocenters. The molecule has 0 spiro atoms. The molecular weight excluding hydrogens is 144 g/mol. The van der Waals surface area contributed by atoms with E-state index in [4.69, 9.17) is 5.26 Å². The van der Waals surface area contributed by atoms with E-state index in [1.54, 1.807) is 0 Å². The van der Waals surface area contributed by atoms with Crippen LogP contribution in [0.25, 0.3) is 0 Å². The molecule has 0 bridgehead atoms. The summed E-state index contributed by atoms with van der Waals surface area (Å²) in [6.07, 6.45) is 4.45. The zero-order chi connectivity index (χ0) is 7.61. The smallest absolute Gasteiger partial charge is 0.110 e. The zero-order valence-electron chi connectivity index (χ0n) is 6.35. The minimum Gasteiger partial charge on any atom is -0.304 e. The number of hydrogen-bond donors (Lipinski definition) is 1. The van der Waals surface area contributed by atoms with E-state index in [2.05, 4.69) is 17.6 Å². The number of hydrogen-bond acceptors (Lipinski definition) is 3. The Labute approximate surface area is 66.0 Å². The molecule has 56 valence electrons. The Hall–Kier alpha value is -0.200. The van der Waals surface area contributed by atoms with Gasteiger partial charge in [-0.05, 0) is 26.1 Å². The Kier molecular flexibility index (Phi) is 2.22. The molecule has 0 amide bonds. The molecule has 1 N–H and O–H groups in total. The predicted molar refractivity (Wildman–Crippen MR) is 43.9 cm³/mol. The lowest BCUT2D eigenvalue weighted by molar-refractivity contribution is 0.641. The van der Waals surface area contributed by atoms with Gasteiger partial charge in [0.2, 0.25) is 0 Å². The summed E-state index contributed by atoms with van der Waals surface area (Å²) in [5.74, 6) is 0. The van der Waals surface area contributed by atoms with Crippen LogP contribution in [0.3, 0.4) is 0 Å². The molecule has 0 aromatic heterocycles. The van der Waals surface area contributed by atoms with Gasteiger partial charge in [-0.1, -0.05) is 0 Å². The summed E-state index contributed by atoms with van der Waals surface area (Å²) in [6, 6.07) is 2.32. The number of nitriles is 1. The first-order valence-electron chi connectivity index (χ1n) is 3.41. The van der Waals surface area contributed by atoms with Gasteiger partial charge in [0.25, 0.3) is 0 Å². The Balaban J connectivity index is 2.54. The van der Waals surface area contributed by atoms with Crippen LogP contribution in [0, 0.1) is 11.3 Å². The molecule has 0 heterocycles. The molecule has 10 heavy (non-hydrogen) atoms. The molecule has 0 aromatic carbocycles. The van der Waals surface area contributed by atoms with Crippen LogP contribution in [-0.2, 0) is 0 Å². The molecule has 1 fully saturated rings. The topological polar surface area (TPSA) is 35.8 Å². The van der Waals surface area contributed by atoms with Gasteiger partial charge in [-0.3, -0.25) is 0 Å². The third kappa shape index (κ3) is 1.14. The van der Waals surface area contributed by atoms with E-state index in [1.165, 1.54) is 12.8 Å². The molecule has 3 heteroatoms. The highest BCUT2D eigenvalue weighted by molar-refractivity contribution is 8.00. The van der Waals surface area contributed by atoms with Crippen molar-refractivity contribution in [2.45, 2.75) is 23.6 Å². The van der Waals surface area contributed by atoms with E-state index in [0.29, 0.717) is 0 Å². The van der Waals surface area contributed by atoms with E-state index >= 15 is 0 Å². The number of rotatable bonds is 3. The van der Waals surface area contributed by atoms with Crippen LogP contribution in [0.5, 0.6) is 0 Å². The van der Waals surface area contributed by atoms with Gasteiger partial charge in [-0.15, -0.1) is 0 Å². The highest BCUT2D eigenvalue weighted by Crippen LogP contribution is 2.49. The Morgan fingerprint density at radius 2 is 2.30 bits per heavy atom. The quantitative estimate of drug-likeness (QED) is 0.662. The first-order valence-corrected chi connectivity index (χ1v) is 4.63. The fraction of sp³-hybridized carbons (Fsp3) is 0.857. The van der Waals surface area contributed by atoms with Gasteiger partial charge < -0.3 is 5.32 Å². The standard InChI is InChI=1S/C7H12N2S/c1-9-6(5-8)7(10-2)3-4-7/h6,9H,3-4H2,1-2H3. The van der Waals surface area contributed by atoms with Crippen molar-refractivity contribution in [3.05, 3.63) is 0 Å². The van der Waals surface area contributed by atoms with Crippen molar-refractivity contribution in [1.82, 2.24) is 5.32 Å². The first kappa shape index (κ1) is 7.90. The summed E-state index contributed by atoms with van der Waals surface area (Å²) < 4.78 is 0.253. The summed E-state index contributed by atoms with van der Waals surface area (Å²) in [5, 5.41) is 11.7. The van der Waals surface area contributed by atoms with Crippen molar-refractivity contribution in [3.8, 4) is 6.07 Å². The second-order valence-electron chi connectivity index (χ2n) is 2.62. The molecule has 0 aromatic rings. The Bertz CT molecular complexity index is 157. The van der Waals surface area contributed by atoms with Gasteiger partial charge in [0.05, 0.1) is 6.07 Å². The minimum absolute atomic E-state index is 0.0440. The molecule has 1 rings (SSSR count). The minimum atomic E-state index is 0.0440. The number of nitrogens with zero attached hydrogens (tertiary/aromatic N) is 1. The summed E-state index contributed by atoms with van der Waals surface area (Å²) >= 11 is 1.81. The maximum atomic E-state index is 8.71. The third-order valence-electron chi connectivity index (χ3n) is 2.09. The normalized spacial score (nSPS) is 23.3. The molecule has 0 aliphatic heterocycles. The average molecular weight is 156 g/mol. The van der Waals surface area contributed by atoms with E-state index < -0.39 is 0 Å². The lowest BCUT2D eigenvalue weighted by Gasteiger charge is -2.17. The largest absolute Gasteiger partial charge is 0.304 e. The van der Waals surface area contributed by atoms with Crippen LogP contribution < -0.4 is 5.32 Å². The fourth-order valence-corrected chi connectivity index (χ4v) is 2.10. The monoisotopic (exact) mass is 156 g/mol. The Morgan fingerprint density at radius 1 is 1.70 bits per heavy atom. The van der Waals surface area contributed by atoms with E-state index in [0.717, 1.165) is 0 Å². The van der Waals surface area contributed by atoms with Crippen LogP contribution in [0.1, 0.15) is 12.8 Å². The third-order valence-corrected chi connectivity index (χ3v) is 3.55. The lowest BCUT2D eigenvalue weighted by atomic mass is 10.2. The molecule has 0 radical (unpaired) electrons. The van der Waals surface area contributed by atoms with Crippen molar-refractivity contribution in [2.75, 3.05) is 13.3 Å². The molecule has 0 saturated heterocycles. The first-order chi connectivity index (χ1) is 4.79. The number of thioether (sulfide) groups is 1. The summed E-state index contributed by atoms with van der Waals surface area (Å²) in [6.45, 7) is 0. The predicted octanol–water partition coefficient (Wildman–Crippen LogP) is 0.994. The van der Waals surface area contributed by atoms with Crippen molar-refractivity contribution in [1.29, 1.82) is 5.26 Å². The fourth-order valence-electron chi connectivity index (χ4n) is 1.18. The van der Waals surface area contributed by atoms with Gasteiger partial charge in [0, 0.05) is 4.75 Å². The maximum Gasteiger partial charge on any atom is 0.110 e. The molecule has 2 nitrogen and oxygen atoms in total. The average Bonchev–Trinajstić information content (AvgIpc) is 2.72. The summed E-state index contributed by atoms with van der Waals surface area (Å²) in [5.41, 5.74) is 0. The van der Waals surface area contributed by atoms with Gasteiger partial charge in [-0.2, -0.15) is 17.0 Å². The van der Waals surface area contributed by atoms with Crippen molar-refractivity contribution < 1.29 is 0 Å². The summed E-state index contributed by atoms with van der Waals surface area (Å²) in [7, 11) is 1.85. The van der Waals surface area contributed by atoms with Crippen LogP contribution in [0.15, 0.2) is 0 Å². The van der Waals surface area contributed by atoms with Crippen molar-refractivity contribution in [2.24, 2.45) is 0 Å². The van der Waals surface area contributed by atoms with Crippen LogP contribution in [0.4, 0.5) is 0 Å². The van der Waals surface area contributed by atoms with E-state index in [-0.39, 0.29) is 10.8 Å². The second kappa shape index (κ2) is 2.81. The molecule has 1 saturated carbocycles. The molecule has 1 unspecified atom stereocenters. The highest BCUT2D eigenvalue weighted by atomic mass is 32.2. The van der Waals surface area contributed by atoms with Gasteiger partial charge in [0.1, 0.15) is 6.04 Å². The Morgan fingerprint density at radius 3 is 2.40 bits per heavy atom. The highest BCUT2D eigenvalue weighted by Gasteiger charge is 2.48. The van der Waals surface area contributed by atoms with Gasteiger partial charge >= 0.3 is 0 Å². The van der Waals surface area contributed by atoms with Crippen LogP contribution in [-0.4, -0.2) is 24.1 Å². The maximum absolute atomic E-state index is 8.71. The van der Waals surface area contributed by atoms with E-state index in [9.17, 15) is 0 Å². The van der Waals surface area contributed by atoms with Crippen molar-refractivity contribution >= 4 is 11.8 Å². The molecule has 1 aliphatic rings. The summed E-state index contributed by atoms with van der Waals surface area (Å²) in [4.78, 5) is 0.